The molecule has 0 aliphatic rings. The average molecular weight is 251 g/mol. The van der Waals surface area contributed by atoms with Crippen LogP contribution in [0.15, 0.2) is 24.3 Å². The van der Waals surface area contributed by atoms with E-state index in [0.717, 1.165) is 5.56 Å². The number of carbonyl (C=O) groups excluding carboxylic acids is 1. The van der Waals surface area contributed by atoms with Crippen LogP contribution < -0.4 is 5.32 Å². The number of carboxylic acids is 1. The number of aryl methyl sites for hydroxylation is 1. The summed E-state index contributed by atoms with van der Waals surface area (Å²) in [4.78, 5) is 21.6. The van der Waals surface area contributed by atoms with Gasteiger partial charge in [-0.05, 0) is 19.1 Å². The van der Waals surface area contributed by atoms with E-state index in [0.29, 0.717) is 5.56 Å². The number of carbonyl (C=O) groups is 2. The molecule has 0 saturated heterocycles. The van der Waals surface area contributed by atoms with Gasteiger partial charge in [0.15, 0.2) is 0 Å². The van der Waals surface area contributed by atoms with Gasteiger partial charge in [-0.25, -0.2) is 0 Å². The number of carboxylic acid groups (broad SMARTS) is 1. The number of hydrogen-bond acceptors (Lipinski definition) is 2. The predicted molar refractivity (Wildman–Crippen MR) is 71.7 cm³/mol. The van der Waals surface area contributed by atoms with E-state index < -0.39 is 5.97 Å². The Kier molecular flexibility index (Phi) is 8.27. The van der Waals surface area contributed by atoms with Crippen molar-refractivity contribution in [2.24, 2.45) is 0 Å². The van der Waals surface area contributed by atoms with Crippen molar-refractivity contribution in [1.82, 2.24) is 5.32 Å². The summed E-state index contributed by atoms with van der Waals surface area (Å²) < 4.78 is 0. The Morgan fingerprint density at radius 1 is 1.17 bits per heavy atom. The second kappa shape index (κ2) is 9.22. The molecule has 0 saturated carbocycles. The van der Waals surface area contributed by atoms with Crippen molar-refractivity contribution < 1.29 is 14.7 Å². The first-order chi connectivity index (χ1) is 8.51. The molecule has 4 heteroatoms. The van der Waals surface area contributed by atoms with Crippen molar-refractivity contribution >= 4 is 11.9 Å². The molecule has 1 amide bonds. The minimum Gasteiger partial charge on any atom is -0.481 e. The van der Waals surface area contributed by atoms with E-state index >= 15 is 0 Å². The van der Waals surface area contributed by atoms with Crippen molar-refractivity contribution in [2.75, 3.05) is 6.54 Å². The molecule has 4 nitrogen and oxygen atoms in total. The lowest BCUT2D eigenvalue weighted by Crippen LogP contribution is -2.25. The Balaban J connectivity index is 0.000000873. The minimum atomic E-state index is -0.917. The molecule has 0 heterocycles. The quantitative estimate of drug-likeness (QED) is 0.864. The Hall–Kier alpha value is -1.84. The van der Waals surface area contributed by atoms with Gasteiger partial charge in [0, 0.05) is 12.1 Å². The van der Waals surface area contributed by atoms with Crippen LogP contribution >= 0.6 is 0 Å². The summed E-state index contributed by atoms with van der Waals surface area (Å²) in [5, 5.41) is 10.9. The molecular weight excluding hydrogens is 230 g/mol. The number of benzene rings is 1. The highest BCUT2D eigenvalue weighted by Crippen LogP contribution is 2.02. The van der Waals surface area contributed by atoms with Gasteiger partial charge in [0.05, 0.1) is 6.42 Å². The van der Waals surface area contributed by atoms with Crippen LogP contribution in [0.2, 0.25) is 0 Å². The van der Waals surface area contributed by atoms with Crippen molar-refractivity contribution in [3.05, 3.63) is 35.4 Å². The number of nitrogens with one attached hydrogen (secondary N) is 1. The topological polar surface area (TPSA) is 66.4 Å². The normalized spacial score (nSPS) is 9.06. The second-order valence-corrected chi connectivity index (χ2v) is 3.97. The van der Waals surface area contributed by atoms with Gasteiger partial charge in [-0.3, -0.25) is 9.59 Å². The molecular formula is C14H21NO3. The SMILES string of the molecule is CCC.Cc1ccc(C(=O)NCCC(=O)O)cc1. The van der Waals surface area contributed by atoms with Crippen LogP contribution in [-0.4, -0.2) is 23.5 Å². The van der Waals surface area contributed by atoms with E-state index in [1.807, 2.05) is 19.1 Å². The number of hydrogen-bond donors (Lipinski definition) is 2. The van der Waals surface area contributed by atoms with E-state index in [1.54, 1.807) is 12.1 Å². The lowest BCUT2D eigenvalue weighted by molar-refractivity contribution is -0.136. The Morgan fingerprint density at radius 3 is 2.11 bits per heavy atom. The highest BCUT2D eigenvalue weighted by Gasteiger charge is 2.04. The average Bonchev–Trinajstić information content (AvgIpc) is 2.30. The van der Waals surface area contributed by atoms with E-state index in [-0.39, 0.29) is 18.9 Å². The molecule has 18 heavy (non-hydrogen) atoms. The van der Waals surface area contributed by atoms with Crippen LogP contribution in [0, 0.1) is 6.92 Å². The molecule has 0 aliphatic heterocycles. The summed E-state index contributed by atoms with van der Waals surface area (Å²) >= 11 is 0. The molecule has 0 unspecified atom stereocenters. The fraction of sp³-hybridized carbons (Fsp3) is 0.429. The van der Waals surface area contributed by atoms with Crippen LogP contribution in [0.4, 0.5) is 0 Å². The van der Waals surface area contributed by atoms with Crippen LogP contribution in [-0.2, 0) is 4.79 Å². The van der Waals surface area contributed by atoms with Gasteiger partial charge in [0.2, 0.25) is 0 Å². The highest BCUT2D eigenvalue weighted by molar-refractivity contribution is 5.94. The molecule has 1 rings (SSSR count). The van der Waals surface area contributed by atoms with Crippen LogP contribution in [0.5, 0.6) is 0 Å². The Bertz CT molecular complexity index is 371. The van der Waals surface area contributed by atoms with E-state index in [2.05, 4.69) is 19.2 Å². The molecule has 100 valence electrons. The van der Waals surface area contributed by atoms with Gasteiger partial charge in [0.1, 0.15) is 0 Å². The monoisotopic (exact) mass is 251 g/mol. The molecule has 0 aromatic heterocycles. The lowest BCUT2D eigenvalue weighted by Gasteiger charge is -2.03. The van der Waals surface area contributed by atoms with Gasteiger partial charge < -0.3 is 10.4 Å². The maximum atomic E-state index is 11.4. The molecule has 0 spiro atoms. The number of rotatable bonds is 4. The lowest BCUT2D eigenvalue weighted by atomic mass is 10.1. The number of aliphatic carboxylic acids is 1. The highest BCUT2D eigenvalue weighted by atomic mass is 16.4. The van der Waals surface area contributed by atoms with E-state index in [9.17, 15) is 9.59 Å². The van der Waals surface area contributed by atoms with Gasteiger partial charge in [-0.2, -0.15) is 0 Å². The Morgan fingerprint density at radius 2 is 1.67 bits per heavy atom. The van der Waals surface area contributed by atoms with Gasteiger partial charge >= 0.3 is 5.97 Å². The summed E-state index contributed by atoms with van der Waals surface area (Å²) in [7, 11) is 0. The zero-order valence-corrected chi connectivity index (χ0v) is 11.2. The van der Waals surface area contributed by atoms with Crippen molar-refractivity contribution in [3.8, 4) is 0 Å². The number of amides is 1. The summed E-state index contributed by atoms with van der Waals surface area (Å²) in [6.45, 7) is 6.34. The van der Waals surface area contributed by atoms with Crippen LogP contribution in [0.3, 0.4) is 0 Å². The summed E-state index contributed by atoms with van der Waals surface area (Å²) in [5.41, 5.74) is 1.63. The molecule has 0 atom stereocenters. The molecule has 0 fully saturated rings. The molecule has 0 aliphatic carbocycles. The van der Waals surface area contributed by atoms with Crippen molar-refractivity contribution in [3.63, 3.8) is 0 Å². The summed E-state index contributed by atoms with van der Waals surface area (Å²) in [5.74, 6) is -1.16. The third kappa shape index (κ3) is 7.44. The van der Waals surface area contributed by atoms with Crippen LogP contribution in [0.1, 0.15) is 42.6 Å². The molecule has 2 N–H and O–H groups in total. The zero-order chi connectivity index (χ0) is 14.0. The van der Waals surface area contributed by atoms with Crippen molar-refractivity contribution in [1.29, 1.82) is 0 Å². The van der Waals surface area contributed by atoms with Gasteiger partial charge in [-0.1, -0.05) is 38.0 Å². The molecule has 0 bridgehead atoms. The summed E-state index contributed by atoms with van der Waals surface area (Å²) in [6, 6.07) is 7.11. The maximum absolute atomic E-state index is 11.4. The first-order valence-corrected chi connectivity index (χ1v) is 6.07. The Labute approximate surface area is 108 Å². The fourth-order valence-electron chi connectivity index (χ4n) is 1.09. The maximum Gasteiger partial charge on any atom is 0.305 e. The summed E-state index contributed by atoms with van der Waals surface area (Å²) in [6.07, 6.45) is 1.19. The largest absolute Gasteiger partial charge is 0.481 e. The first kappa shape index (κ1) is 16.2. The van der Waals surface area contributed by atoms with E-state index in [4.69, 9.17) is 5.11 Å². The third-order valence-corrected chi connectivity index (χ3v) is 1.94. The standard InChI is InChI=1S/C11H13NO3.C3H8/c1-8-2-4-9(5-3-8)11(15)12-7-6-10(13)14;1-3-2/h2-5H,6-7H2,1H3,(H,12,15)(H,13,14);3H2,1-2H3. The molecule has 1 aromatic carbocycles. The second-order valence-electron chi connectivity index (χ2n) is 3.97. The fourth-order valence-corrected chi connectivity index (χ4v) is 1.09. The zero-order valence-electron chi connectivity index (χ0n) is 11.2. The van der Waals surface area contributed by atoms with Gasteiger partial charge in [-0.15, -0.1) is 0 Å². The minimum absolute atomic E-state index is 0.0579. The molecule has 1 aromatic rings. The smallest absolute Gasteiger partial charge is 0.305 e. The van der Waals surface area contributed by atoms with Crippen LogP contribution in [0.25, 0.3) is 0 Å². The van der Waals surface area contributed by atoms with Crippen molar-refractivity contribution in [2.45, 2.75) is 33.6 Å². The first-order valence-electron chi connectivity index (χ1n) is 6.07. The van der Waals surface area contributed by atoms with Gasteiger partial charge in [0.25, 0.3) is 5.91 Å². The predicted octanol–water partition coefficient (Wildman–Crippen LogP) is 2.62. The molecule has 0 radical (unpaired) electrons. The van der Waals surface area contributed by atoms with E-state index in [1.165, 1.54) is 6.42 Å². The third-order valence-electron chi connectivity index (χ3n) is 1.94.